The van der Waals surface area contributed by atoms with Gasteiger partial charge in [0.25, 0.3) is 0 Å². The van der Waals surface area contributed by atoms with Crippen molar-refractivity contribution in [3.63, 3.8) is 0 Å². The first-order valence-corrected chi connectivity index (χ1v) is 10.0. The molecular formula is C21H33N3O. The number of carbonyl (C=O) groups excluding carboxylic acids is 1. The highest BCUT2D eigenvalue weighted by Gasteiger charge is 2.38. The maximum atomic E-state index is 12.6. The summed E-state index contributed by atoms with van der Waals surface area (Å²) in [5.41, 5.74) is 1.40. The van der Waals surface area contributed by atoms with Gasteiger partial charge >= 0.3 is 0 Å². The summed E-state index contributed by atoms with van der Waals surface area (Å²) in [6.45, 7) is 9.68. The molecular weight excluding hydrogens is 310 g/mol. The van der Waals surface area contributed by atoms with Gasteiger partial charge in [0.15, 0.2) is 0 Å². The highest BCUT2D eigenvalue weighted by atomic mass is 16.2. The van der Waals surface area contributed by atoms with Crippen molar-refractivity contribution in [3.8, 4) is 0 Å². The minimum absolute atomic E-state index is 0.296. The maximum absolute atomic E-state index is 12.6. The summed E-state index contributed by atoms with van der Waals surface area (Å²) < 4.78 is 0. The minimum Gasteiger partial charge on any atom is -0.342 e. The molecule has 1 aromatic carbocycles. The predicted octanol–water partition coefficient (Wildman–Crippen LogP) is 2.98. The molecule has 25 heavy (non-hydrogen) atoms. The van der Waals surface area contributed by atoms with Crippen molar-refractivity contribution >= 4 is 5.91 Å². The second-order valence-electron chi connectivity index (χ2n) is 7.41. The average molecular weight is 344 g/mol. The molecule has 0 radical (unpaired) electrons. The van der Waals surface area contributed by atoms with Crippen molar-refractivity contribution in [2.45, 2.75) is 58.2 Å². The van der Waals surface area contributed by atoms with E-state index in [1.54, 1.807) is 0 Å². The van der Waals surface area contributed by atoms with Gasteiger partial charge in [-0.15, -0.1) is 0 Å². The molecule has 4 heteroatoms. The van der Waals surface area contributed by atoms with Crippen LogP contribution in [0.15, 0.2) is 30.3 Å². The van der Waals surface area contributed by atoms with Crippen LogP contribution in [0.5, 0.6) is 0 Å². The van der Waals surface area contributed by atoms with Gasteiger partial charge in [0.2, 0.25) is 5.91 Å². The molecule has 4 nitrogen and oxygen atoms in total. The smallest absolute Gasteiger partial charge is 0.236 e. The van der Waals surface area contributed by atoms with Crippen LogP contribution < -0.4 is 0 Å². The van der Waals surface area contributed by atoms with Crippen molar-refractivity contribution in [2.75, 3.05) is 32.7 Å². The molecule has 138 valence electrons. The van der Waals surface area contributed by atoms with Crippen LogP contribution >= 0.6 is 0 Å². The second-order valence-corrected chi connectivity index (χ2v) is 7.41. The number of nitrogens with zero attached hydrogens (tertiary/aromatic N) is 3. The summed E-state index contributed by atoms with van der Waals surface area (Å²) in [6, 6.07) is 12.0. The summed E-state index contributed by atoms with van der Waals surface area (Å²) in [5, 5.41) is 0. The number of benzene rings is 1. The molecule has 2 unspecified atom stereocenters. The number of rotatable bonds is 7. The molecule has 0 spiro atoms. The lowest BCUT2D eigenvalue weighted by Gasteiger charge is -2.35. The van der Waals surface area contributed by atoms with Crippen molar-refractivity contribution in [1.82, 2.24) is 14.7 Å². The molecule has 2 aliphatic rings. The molecule has 2 atom stereocenters. The fraction of sp³-hybridized carbons (Fsp3) is 0.667. The SMILES string of the molecule is CCN(CC)C(=O)CN1CCCC1C1CCCN1Cc1ccccc1. The number of hydrogen-bond donors (Lipinski definition) is 0. The van der Waals surface area contributed by atoms with Crippen LogP contribution in [0.25, 0.3) is 0 Å². The number of amides is 1. The van der Waals surface area contributed by atoms with Gasteiger partial charge in [-0.25, -0.2) is 0 Å². The van der Waals surface area contributed by atoms with Crippen molar-refractivity contribution in [2.24, 2.45) is 0 Å². The number of likely N-dealkylation sites (tertiary alicyclic amines) is 2. The molecule has 0 N–H and O–H groups in total. The van der Waals surface area contributed by atoms with Gasteiger partial charge in [0, 0.05) is 31.7 Å². The number of carbonyl (C=O) groups is 1. The van der Waals surface area contributed by atoms with Crippen LogP contribution in [0.1, 0.15) is 45.1 Å². The molecule has 0 aromatic heterocycles. The van der Waals surface area contributed by atoms with Crippen LogP contribution in [0.3, 0.4) is 0 Å². The molecule has 1 aromatic rings. The first-order chi connectivity index (χ1) is 12.2. The number of likely N-dealkylation sites (N-methyl/N-ethyl adjacent to an activating group) is 1. The molecule has 2 fully saturated rings. The Morgan fingerprint density at radius 2 is 1.60 bits per heavy atom. The van der Waals surface area contributed by atoms with E-state index >= 15 is 0 Å². The highest BCUT2D eigenvalue weighted by Crippen LogP contribution is 2.31. The van der Waals surface area contributed by atoms with Gasteiger partial charge in [0.1, 0.15) is 0 Å². The molecule has 2 heterocycles. The molecule has 2 aliphatic heterocycles. The van der Waals surface area contributed by atoms with E-state index in [0.29, 0.717) is 24.5 Å². The van der Waals surface area contributed by atoms with Crippen molar-refractivity contribution in [3.05, 3.63) is 35.9 Å². The van der Waals surface area contributed by atoms with Crippen molar-refractivity contribution < 1.29 is 4.79 Å². The molecule has 2 saturated heterocycles. The zero-order valence-corrected chi connectivity index (χ0v) is 15.9. The largest absolute Gasteiger partial charge is 0.342 e. The van der Waals surface area contributed by atoms with Gasteiger partial charge < -0.3 is 4.90 Å². The Hall–Kier alpha value is -1.39. The lowest BCUT2D eigenvalue weighted by atomic mass is 10.0. The van der Waals surface area contributed by atoms with E-state index in [1.165, 1.54) is 37.8 Å². The van der Waals surface area contributed by atoms with E-state index < -0.39 is 0 Å². The summed E-state index contributed by atoms with van der Waals surface area (Å²) in [6.07, 6.45) is 5.02. The van der Waals surface area contributed by atoms with Crippen LogP contribution in [-0.2, 0) is 11.3 Å². The Morgan fingerprint density at radius 3 is 2.24 bits per heavy atom. The third-order valence-corrected chi connectivity index (χ3v) is 5.96. The van der Waals surface area contributed by atoms with Crippen LogP contribution in [0.2, 0.25) is 0 Å². The van der Waals surface area contributed by atoms with Crippen molar-refractivity contribution in [1.29, 1.82) is 0 Å². The fourth-order valence-corrected chi connectivity index (χ4v) is 4.64. The molecule has 0 saturated carbocycles. The molecule has 0 aliphatic carbocycles. The van der Waals surface area contributed by atoms with E-state index in [4.69, 9.17) is 0 Å². The lowest BCUT2D eigenvalue weighted by molar-refractivity contribution is -0.132. The van der Waals surface area contributed by atoms with Crippen LogP contribution in [0.4, 0.5) is 0 Å². The van der Waals surface area contributed by atoms with Gasteiger partial charge in [-0.2, -0.15) is 0 Å². The standard InChI is InChI=1S/C21H33N3O/c1-3-22(4-2)21(25)17-24-15-9-13-20(24)19-12-8-14-23(19)16-18-10-6-5-7-11-18/h5-7,10-11,19-20H,3-4,8-9,12-17H2,1-2H3. The van der Waals surface area contributed by atoms with Crippen LogP contribution in [0, 0.1) is 0 Å². The molecule has 0 bridgehead atoms. The minimum atomic E-state index is 0.296. The Kier molecular flexibility index (Phi) is 6.49. The quantitative estimate of drug-likeness (QED) is 0.761. The Bertz CT molecular complexity index is 543. The third kappa shape index (κ3) is 4.42. The highest BCUT2D eigenvalue weighted by molar-refractivity contribution is 5.78. The monoisotopic (exact) mass is 343 g/mol. The Labute approximate surface area is 152 Å². The van der Waals surface area contributed by atoms with E-state index in [1.807, 2.05) is 4.90 Å². The van der Waals surface area contributed by atoms with Gasteiger partial charge in [0.05, 0.1) is 6.54 Å². The predicted molar refractivity (Wildman–Crippen MR) is 102 cm³/mol. The normalized spacial score (nSPS) is 24.7. The first-order valence-electron chi connectivity index (χ1n) is 10.0. The zero-order valence-electron chi connectivity index (χ0n) is 15.9. The maximum Gasteiger partial charge on any atom is 0.236 e. The summed E-state index contributed by atoms with van der Waals surface area (Å²) in [5.74, 6) is 0.296. The lowest BCUT2D eigenvalue weighted by Crippen LogP contribution is -2.49. The first kappa shape index (κ1) is 18.4. The third-order valence-electron chi connectivity index (χ3n) is 5.96. The van der Waals surface area contributed by atoms with E-state index in [9.17, 15) is 4.79 Å². The van der Waals surface area contributed by atoms with E-state index in [0.717, 1.165) is 26.2 Å². The summed E-state index contributed by atoms with van der Waals surface area (Å²) in [7, 11) is 0. The Morgan fingerprint density at radius 1 is 1.00 bits per heavy atom. The fourth-order valence-electron chi connectivity index (χ4n) is 4.64. The van der Waals surface area contributed by atoms with E-state index in [2.05, 4.69) is 54.0 Å². The second kappa shape index (κ2) is 8.81. The van der Waals surface area contributed by atoms with Gasteiger partial charge in [-0.1, -0.05) is 30.3 Å². The molecule has 1 amide bonds. The van der Waals surface area contributed by atoms with Crippen LogP contribution in [-0.4, -0.2) is 65.4 Å². The zero-order chi connectivity index (χ0) is 17.6. The van der Waals surface area contributed by atoms with Gasteiger partial charge in [-0.05, 0) is 58.2 Å². The average Bonchev–Trinajstić information content (AvgIpc) is 3.26. The number of hydrogen-bond acceptors (Lipinski definition) is 3. The summed E-state index contributed by atoms with van der Waals surface area (Å²) >= 11 is 0. The summed E-state index contributed by atoms with van der Waals surface area (Å²) in [4.78, 5) is 19.6. The van der Waals surface area contributed by atoms with E-state index in [-0.39, 0.29) is 0 Å². The molecule has 3 rings (SSSR count). The topological polar surface area (TPSA) is 26.8 Å². The van der Waals surface area contributed by atoms with Gasteiger partial charge in [-0.3, -0.25) is 14.6 Å². The Balaban J connectivity index is 1.63.